The van der Waals surface area contributed by atoms with Crippen molar-refractivity contribution in [2.75, 3.05) is 19.6 Å². The molecular formula is C25H39N9O7. The van der Waals surface area contributed by atoms with Crippen LogP contribution in [0.1, 0.15) is 37.7 Å². The number of carbonyl (C=O) groups excluding carboxylic acids is 5. The summed E-state index contributed by atoms with van der Waals surface area (Å²) in [5, 5.41) is 16.6. The van der Waals surface area contributed by atoms with E-state index < -0.39 is 54.4 Å². The Morgan fingerprint density at radius 2 is 1.63 bits per heavy atom. The maximum atomic E-state index is 13.4. The van der Waals surface area contributed by atoms with E-state index in [4.69, 9.17) is 22.9 Å². The van der Waals surface area contributed by atoms with Gasteiger partial charge in [-0.05, 0) is 44.2 Å². The first-order valence-electron chi connectivity index (χ1n) is 12.9. The molecule has 0 heterocycles. The number of benzene rings is 1. The van der Waals surface area contributed by atoms with Gasteiger partial charge >= 0.3 is 12.0 Å². The van der Waals surface area contributed by atoms with Gasteiger partial charge < -0.3 is 48.8 Å². The van der Waals surface area contributed by atoms with E-state index in [0.29, 0.717) is 42.6 Å². The van der Waals surface area contributed by atoms with Crippen molar-refractivity contribution in [3.8, 4) is 0 Å². The summed E-state index contributed by atoms with van der Waals surface area (Å²) in [6.07, 6.45) is 2.19. The van der Waals surface area contributed by atoms with E-state index in [1.807, 2.05) is 5.32 Å². The SMILES string of the molecule is NCCCCC(NC(=O)N(Cc1ccccc1)C(=O)[C@H](NC(=O)CN)C(=O)O)C(=O)N[C@@H](C=O)CCCN=C(N)N. The highest BCUT2D eigenvalue weighted by Gasteiger charge is 2.36. The summed E-state index contributed by atoms with van der Waals surface area (Å²) in [4.78, 5) is 79.3. The summed E-state index contributed by atoms with van der Waals surface area (Å²) in [6.45, 7) is -0.396. The number of hydrogen-bond acceptors (Lipinski definition) is 9. The molecule has 1 unspecified atom stereocenters. The Hall–Kier alpha value is -4.57. The number of unbranched alkanes of at least 4 members (excludes halogenated alkanes) is 1. The van der Waals surface area contributed by atoms with Gasteiger partial charge in [-0.25, -0.2) is 9.59 Å². The highest BCUT2D eigenvalue weighted by molar-refractivity contribution is 6.09. The summed E-state index contributed by atoms with van der Waals surface area (Å²) >= 11 is 0. The number of nitrogens with one attached hydrogen (secondary N) is 3. The number of aliphatic carboxylic acids is 1. The average Bonchev–Trinajstić information content (AvgIpc) is 2.95. The van der Waals surface area contributed by atoms with E-state index in [-0.39, 0.29) is 31.9 Å². The van der Waals surface area contributed by atoms with Gasteiger partial charge in [0.2, 0.25) is 17.9 Å². The molecule has 5 amide bonds. The molecule has 16 nitrogen and oxygen atoms in total. The summed E-state index contributed by atoms with van der Waals surface area (Å²) in [7, 11) is 0. The molecule has 1 aromatic rings. The molecular weight excluding hydrogens is 538 g/mol. The number of guanidine groups is 1. The van der Waals surface area contributed by atoms with Crippen LogP contribution in [-0.4, -0.2) is 89.7 Å². The largest absolute Gasteiger partial charge is 0.479 e. The number of amides is 5. The van der Waals surface area contributed by atoms with Crippen LogP contribution in [0.25, 0.3) is 0 Å². The van der Waals surface area contributed by atoms with Crippen LogP contribution in [0.15, 0.2) is 35.3 Å². The minimum absolute atomic E-state index is 0.105. The lowest BCUT2D eigenvalue weighted by Crippen LogP contribution is -2.59. The smallest absolute Gasteiger partial charge is 0.336 e. The van der Waals surface area contributed by atoms with Gasteiger partial charge in [0.15, 0.2) is 5.96 Å². The zero-order valence-corrected chi connectivity index (χ0v) is 22.7. The fourth-order valence-corrected chi connectivity index (χ4v) is 3.59. The fourth-order valence-electron chi connectivity index (χ4n) is 3.59. The van der Waals surface area contributed by atoms with E-state index in [1.165, 1.54) is 0 Å². The lowest BCUT2D eigenvalue weighted by atomic mass is 10.1. The van der Waals surface area contributed by atoms with Crippen LogP contribution in [0, 0.1) is 0 Å². The number of carbonyl (C=O) groups is 6. The maximum absolute atomic E-state index is 13.4. The van der Waals surface area contributed by atoms with Gasteiger partial charge in [-0.1, -0.05) is 30.3 Å². The first-order valence-corrected chi connectivity index (χ1v) is 12.9. The molecule has 0 bridgehead atoms. The Morgan fingerprint density at radius 3 is 2.20 bits per heavy atom. The van der Waals surface area contributed by atoms with E-state index in [9.17, 15) is 33.9 Å². The Bertz CT molecular complexity index is 1060. The van der Waals surface area contributed by atoms with Gasteiger partial charge in [-0.2, -0.15) is 0 Å². The molecule has 3 atom stereocenters. The van der Waals surface area contributed by atoms with Crippen molar-refractivity contribution in [2.45, 2.75) is 56.8 Å². The number of nitrogens with zero attached hydrogens (tertiary/aromatic N) is 2. The van der Waals surface area contributed by atoms with Gasteiger partial charge in [0.25, 0.3) is 5.91 Å². The molecule has 0 aliphatic rings. The molecule has 226 valence electrons. The fraction of sp³-hybridized carbons (Fsp3) is 0.480. The standard InChI is InChI=1S/C25H39N9O7/c26-11-5-4-10-18(21(37)31-17(15-35)9-6-12-30-24(28)29)32-25(41)34(14-16-7-2-1-3-8-16)22(38)20(23(39)40)33-19(36)13-27/h1-3,7-8,15,17-18,20H,4-6,9-14,26-27H2,(H,31,37)(H,32,41)(H,33,36)(H,39,40)(H4,28,29,30)/t17-,18?,20+/m1/s1. The minimum Gasteiger partial charge on any atom is -0.479 e. The molecule has 0 radical (unpaired) electrons. The van der Waals surface area contributed by atoms with Crippen LogP contribution in [0.5, 0.6) is 0 Å². The highest BCUT2D eigenvalue weighted by Crippen LogP contribution is 2.10. The van der Waals surface area contributed by atoms with Gasteiger partial charge in [-0.3, -0.25) is 24.3 Å². The third-order valence-corrected chi connectivity index (χ3v) is 5.70. The second-order valence-electron chi connectivity index (χ2n) is 8.94. The quantitative estimate of drug-likeness (QED) is 0.0296. The zero-order valence-electron chi connectivity index (χ0n) is 22.7. The lowest BCUT2D eigenvalue weighted by Gasteiger charge is -2.28. The van der Waals surface area contributed by atoms with E-state index >= 15 is 0 Å². The lowest BCUT2D eigenvalue weighted by molar-refractivity contribution is -0.149. The van der Waals surface area contributed by atoms with Crippen LogP contribution >= 0.6 is 0 Å². The van der Waals surface area contributed by atoms with E-state index in [1.54, 1.807) is 30.3 Å². The van der Waals surface area contributed by atoms with Gasteiger partial charge in [0.05, 0.1) is 19.1 Å². The third-order valence-electron chi connectivity index (χ3n) is 5.70. The monoisotopic (exact) mass is 577 g/mol. The van der Waals surface area contributed by atoms with Crippen LogP contribution in [-0.2, 0) is 30.5 Å². The molecule has 41 heavy (non-hydrogen) atoms. The number of imide groups is 1. The first kappa shape index (κ1) is 34.5. The van der Waals surface area contributed by atoms with Crippen molar-refractivity contribution < 1.29 is 33.9 Å². The predicted molar refractivity (Wildman–Crippen MR) is 149 cm³/mol. The number of aldehydes is 1. The molecule has 0 saturated heterocycles. The number of rotatable bonds is 18. The number of carboxylic acid groups (broad SMARTS) is 1. The van der Waals surface area contributed by atoms with Crippen molar-refractivity contribution in [2.24, 2.45) is 27.9 Å². The highest BCUT2D eigenvalue weighted by atomic mass is 16.4. The number of aliphatic imine (C=N–C) groups is 1. The average molecular weight is 578 g/mol. The van der Waals surface area contributed by atoms with Gasteiger partial charge in [-0.15, -0.1) is 0 Å². The van der Waals surface area contributed by atoms with E-state index in [0.717, 1.165) is 0 Å². The van der Waals surface area contributed by atoms with Gasteiger partial charge in [0.1, 0.15) is 12.3 Å². The summed E-state index contributed by atoms with van der Waals surface area (Å²) in [5.41, 5.74) is 21.8. The normalized spacial score (nSPS) is 12.6. The molecule has 16 heteroatoms. The molecule has 0 aromatic heterocycles. The summed E-state index contributed by atoms with van der Waals surface area (Å²) in [6, 6.07) is 2.89. The van der Waals surface area contributed by atoms with Crippen molar-refractivity contribution in [3.05, 3.63) is 35.9 Å². The topological polar surface area (TPSA) is 278 Å². The zero-order chi connectivity index (χ0) is 30.8. The van der Waals surface area contributed by atoms with Crippen LogP contribution < -0.4 is 38.9 Å². The Kier molecular flexibility index (Phi) is 15.7. The Labute approximate surface area is 237 Å². The molecule has 0 fully saturated rings. The molecule has 1 aromatic carbocycles. The van der Waals surface area contributed by atoms with Crippen LogP contribution in [0.2, 0.25) is 0 Å². The molecule has 0 spiro atoms. The number of hydrogen-bond donors (Lipinski definition) is 8. The molecule has 0 aliphatic heterocycles. The van der Waals surface area contributed by atoms with Crippen molar-refractivity contribution in [1.29, 1.82) is 0 Å². The van der Waals surface area contributed by atoms with Crippen molar-refractivity contribution >= 4 is 42.0 Å². The van der Waals surface area contributed by atoms with Gasteiger partial charge in [0, 0.05) is 6.54 Å². The predicted octanol–water partition coefficient (Wildman–Crippen LogP) is -2.51. The molecule has 0 aliphatic carbocycles. The number of carboxylic acids is 1. The van der Waals surface area contributed by atoms with E-state index in [2.05, 4.69) is 15.6 Å². The van der Waals surface area contributed by atoms with Crippen molar-refractivity contribution in [3.63, 3.8) is 0 Å². The summed E-state index contributed by atoms with van der Waals surface area (Å²) in [5.74, 6) is -4.71. The molecule has 0 saturated carbocycles. The number of urea groups is 1. The Morgan fingerprint density at radius 1 is 0.951 bits per heavy atom. The third kappa shape index (κ3) is 12.9. The maximum Gasteiger partial charge on any atom is 0.336 e. The van der Waals surface area contributed by atoms with Crippen LogP contribution in [0.3, 0.4) is 0 Å². The van der Waals surface area contributed by atoms with Crippen molar-refractivity contribution in [1.82, 2.24) is 20.9 Å². The van der Waals surface area contributed by atoms with Crippen LogP contribution in [0.4, 0.5) is 4.79 Å². The molecule has 12 N–H and O–H groups in total. The minimum atomic E-state index is -2.12. The second kappa shape index (κ2) is 18.7. The summed E-state index contributed by atoms with van der Waals surface area (Å²) < 4.78 is 0. The number of nitrogens with two attached hydrogens (primary N) is 4. The first-order chi connectivity index (χ1) is 19.5. The second-order valence-corrected chi connectivity index (χ2v) is 8.94. The molecule has 1 rings (SSSR count). The Balaban J connectivity index is 3.20.